The highest BCUT2D eigenvalue weighted by Crippen LogP contribution is 2.39. The van der Waals surface area contributed by atoms with E-state index in [1.54, 1.807) is 42.6 Å². The second-order valence-electron chi connectivity index (χ2n) is 8.49. The molecule has 1 aliphatic heterocycles. The number of amides is 4. The van der Waals surface area contributed by atoms with Crippen molar-refractivity contribution in [1.29, 1.82) is 0 Å². The van der Waals surface area contributed by atoms with Crippen molar-refractivity contribution in [2.45, 2.75) is 6.42 Å². The quantitative estimate of drug-likeness (QED) is 0.245. The molecule has 4 aromatic rings. The van der Waals surface area contributed by atoms with E-state index in [0.29, 0.717) is 36.3 Å². The van der Waals surface area contributed by atoms with E-state index >= 15 is 0 Å². The zero-order valence-electron chi connectivity index (χ0n) is 20.3. The summed E-state index contributed by atoms with van der Waals surface area (Å²) in [5.74, 6) is -0.828. The van der Waals surface area contributed by atoms with E-state index in [-0.39, 0.29) is 11.4 Å². The molecule has 5 rings (SSSR count). The fourth-order valence-electron chi connectivity index (χ4n) is 3.94. The smallest absolute Gasteiger partial charge is 0.407 e. The molecular formula is C27H22FN5O5S. The molecule has 0 atom stereocenters. The van der Waals surface area contributed by atoms with E-state index in [0.717, 1.165) is 21.2 Å². The first-order chi connectivity index (χ1) is 18.9. The van der Waals surface area contributed by atoms with Crippen LogP contribution in [-0.4, -0.2) is 46.1 Å². The molecule has 0 spiro atoms. The lowest BCUT2D eigenvalue weighted by Crippen LogP contribution is -2.43. The average Bonchev–Trinajstić information content (AvgIpc) is 3.39. The van der Waals surface area contributed by atoms with Crippen molar-refractivity contribution < 1.29 is 28.6 Å². The first kappa shape index (κ1) is 25.7. The number of carboxylic acid groups (broad SMARTS) is 1. The molecular weight excluding hydrogens is 525 g/mol. The summed E-state index contributed by atoms with van der Waals surface area (Å²) >= 11 is 1.44. The summed E-state index contributed by atoms with van der Waals surface area (Å²) in [6.07, 6.45) is 3.09. The molecule has 0 radical (unpaired) electrons. The Morgan fingerprint density at radius 1 is 1.03 bits per heavy atom. The van der Waals surface area contributed by atoms with Gasteiger partial charge in [-0.25, -0.2) is 19.4 Å². The molecule has 0 aliphatic carbocycles. The first-order valence-corrected chi connectivity index (χ1v) is 12.6. The molecule has 4 amide bonds. The van der Waals surface area contributed by atoms with Crippen molar-refractivity contribution in [3.63, 3.8) is 0 Å². The Hall–Kier alpha value is -4.97. The normalized spacial score (nSPS) is 12.9. The monoisotopic (exact) mass is 547 g/mol. The van der Waals surface area contributed by atoms with Crippen LogP contribution in [0, 0.1) is 5.82 Å². The number of hydrazine groups is 1. The number of urea groups is 1. The van der Waals surface area contributed by atoms with Gasteiger partial charge >= 0.3 is 12.1 Å². The summed E-state index contributed by atoms with van der Waals surface area (Å²) < 4.78 is 21.5. The number of halogens is 1. The van der Waals surface area contributed by atoms with Crippen LogP contribution < -0.4 is 20.9 Å². The molecule has 0 saturated carbocycles. The van der Waals surface area contributed by atoms with Crippen LogP contribution in [0.25, 0.3) is 15.8 Å². The maximum atomic E-state index is 14.9. The van der Waals surface area contributed by atoms with Gasteiger partial charge < -0.3 is 20.1 Å². The molecule has 1 aliphatic rings. The molecule has 198 valence electrons. The summed E-state index contributed by atoms with van der Waals surface area (Å²) in [4.78, 5) is 42.0. The first-order valence-electron chi connectivity index (χ1n) is 11.8. The predicted octanol–water partition coefficient (Wildman–Crippen LogP) is 5.46. The summed E-state index contributed by atoms with van der Waals surface area (Å²) in [7, 11) is 0. The zero-order valence-corrected chi connectivity index (χ0v) is 21.1. The number of hydrogen-bond acceptors (Lipinski definition) is 6. The third-order valence-electron chi connectivity index (χ3n) is 5.91. The van der Waals surface area contributed by atoms with Gasteiger partial charge in [-0.2, -0.15) is 0 Å². The number of aromatic nitrogens is 1. The van der Waals surface area contributed by atoms with Crippen LogP contribution in [0.2, 0.25) is 0 Å². The number of ether oxygens (including phenoxy) is 1. The second-order valence-corrected chi connectivity index (χ2v) is 9.54. The molecule has 12 heteroatoms. The molecule has 10 nitrogen and oxygen atoms in total. The van der Waals surface area contributed by atoms with Crippen LogP contribution in [0.5, 0.6) is 11.5 Å². The van der Waals surface area contributed by atoms with Gasteiger partial charge in [0.25, 0.3) is 5.91 Å². The number of rotatable bonds is 5. The predicted molar refractivity (Wildman–Crippen MR) is 144 cm³/mol. The van der Waals surface area contributed by atoms with Gasteiger partial charge in [-0.05, 0) is 42.3 Å². The minimum Gasteiger partial charge on any atom is -0.465 e. The third kappa shape index (κ3) is 5.96. The largest absolute Gasteiger partial charge is 0.465 e. The van der Waals surface area contributed by atoms with E-state index in [9.17, 15) is 18.8 Å². The van der Waals surface area contributed by atoms with E-state index in [4.69, 9.17) is 9.84 Å². The van der Waals surface area contributed by atoms with Gasteiger partial charge in [-0.15, -0.1) is 11.3 Å². The van der Waals surface area contributed by atoms with Gasteiger partial charge in [0.2, 0.25) is 0 Å². The lowest BCUT2D eigenvalue weighted by molar-refractivity contribution is 0.0938. The van der Waals surface area contributed by atoms with Crippen molar-refractivity contribution in [2.24, 2.45) is 0 Å². The van der Waals surface area contributed by atoms with Gasteiger partial charge in [0.1, 0.15) is 5.75 Å². The maximum Gasteiger partial charge on any atom is 0.407 e. The van der Waals surface area contributed by atoms with Crippen molar-refractivity contribution >= 4 is 50.8 Å². The topological polar surface area (TPSA) is 133 Å². The number of carbonyl (C=O) groups excluding carboxylic acids is 2. The van der Waals surface area contributed by atoms with Crippen LogP contribution in [0.3, 0.4) is 0 Å². The highest BCUT2D eigenvalue weighted by Gasteiger charge is 2.19. The number of carbonyl (C=O) groups is 3. The number of anilines is 1. The van der Waals surface area contributed by atoms with Crippen LogP contribution in [0.4, 0.5) is 19.7 Å². The van der Waals surface area contributed by atoms with Crippen molar-refractivity contribution in [1.82, 2.24) is 20.7 Å². The molecule has 0 bridgehead atoms. The average molecular weight is 548 g/mol. The second kappa shape index (κ2) is 11.2. The molecule has 39 heavy (non-hydrogen) atoms. The minimum atomic E-state index is -0.947. The van der Waals surface area contributed by atoms with Crippen LogP contribution in [-0.2, 0) is 0 Å². The van der Waals surface area contributed by atoms with Gasteiger partial charge in [0.05, 0.1) is 10.2 Å². The van der Waals surface area contributed by atoms with Gasteiger partial charge in [-0.1, -0.05) is 24.3 Å². The van der Waals surface area contributed by atoms with Crippen LogP contribution in [0.15, 0.2) is 72.9 Å². The number of pyridine rings is 1. The number of benzene rings is 2. The minimum absolute atomic E-state index is 0.0465. The van der Waals surface area contributed by atoms with Gasteiger partial charge in [-0.3, -0.25) is 15.2 Å². The lowest BCUT2D eigenvalue weighted by Gasteiger charge is -2.23. The van der Waals surface area contributed by atoms with Crippen LogP contribution >= 0.6 is 11.3 Å². The lowest BCUT2D eigenvalue weighted by atomic mass is 10.1. The van der Waals surface area contributed by atoms with Crippen molar-refractivity contribution in [3.8, 4) is 11.5 Å². The highest BCUT2D eigenvalue weighted by atomic mass is 32.1. The summed E-state index contributed by atoms with van der Waals surface area (Å²) in [6, 6.07) is 15.1. The van der Waals surface area contributed by atoms with Crippen LogP contribution in [0.1, 0.15) is 21.7 Å². The fourth-order valence-corrected chi connectivity index (χ4v) is 5.07. The van der Waals surface area contributed by atoms with E-state index in [1.165, 1.54) is 28.4 Å². The van der Waals surface area contributed by atoms with Gasteiger partial charge in [0.15, 0.2) is 11.6 Å². The Morgan fingerprint density at radius 2 is 1.85 bits per heavy atom. The Labute approximate surface area is 225 Å². The SMILES string of the molecule is O=C(NNC(=O)c1ccccc1)Nc1ccc(Oc2ccnc3cc(C4=CCN(C(=O)O)CC4)sc23)c(F)c1. The maximum absolute atomic E-state index is 14.9. The molecule has 2 aromatic heterocycles. The highest BCUT2D eigenvalue weighted by molar-refractivity contribution is 7.20. The molecule has 0 fully saturated rings. The Bertz CT molecular complexity index is 1590. The molecule has 0 saturated heterocycles. The van der Waals surface area contributed by atoms with E-state index < -0.39 is 23.8 Å². The van der Waals surface area contributed by atoms with Gasteiger partial charge in [0, 0.05) is 47.5 Å². The third-order valence-corrected chi connectivity index (χ3v) is 7.12. The summed E-state index contributed by atoms with van der Waals surface area (Å²) in [5, 5.41) is 11.6. The fraction of sp³-hybridized carbons (Fsp3) is 0.111. The molecule has 4 N–H and O–H groups in total. The number of hydrogen-bond donors (Lipinski definition) is 4. The summed E-state index contributed by atoms with van der Waals surface area (Å²) in [5.41, 5.74) is 6.72. The van der Waals surface area contributed by atoms with E-state index in [2.05, 4.69) is 21.2 Å². The Morgan fingerprint density at radius 3 is 2.56 bits per heavy atom. The summed E-state index contributed by atoms with van der Waals surface area (Å²) in [6.45, 7) is 0.730. The number of nitrogens with one attached hydrogen (secondary N) is 3. The molecule has 0 unspecified atom stereocenters. The zero-order chi connectivity index (χ0) is 27.4. The Balaban J connectivity index is 1.24. The number of thiophene rings is 1. The Kier molecular flexibility index (Phi) is 7.37. The van der Waals surface area contributed by atoms with Crippen molar-refractivity contribution in [2.75, 3.05) is 18.4 Å². The number of nitrogens with zero attached hydrogens (tertiary/aromatic N) is 2. The van der Waals surface area contributed by atoms with Crippen molar-refractivity contribution in [3.05, 3.63) is 89.2 Å². The molecule has 2 aromatic carbocycles. The standard InChI is InChI=1S/C27H22FN5O5S/c28-19-14-18(30-26(35)32-31-25(34)17-4-2-1-3-5-17)6-7-21(19)38-22-8-11-29-20-15-23(39-24(20)22)16-9-12-33(13-10-16)27(36)37/h1-9,11,14-15H,10,12-13H2,(H,31,34)(H,36,37)(H2,30,32,35). The number of fused-ring (bicyclic) bond motifs is 1. The van der Waals surface area contributed by atoms with E-state index in [1.807, 2.05) is 12.1 Å². The molecule has 3 heterocycles.